The second kappa shape index (κ2) is 9.14. The molecule has 0 saturated carbocycles. The van der Waals surface area contributed by atoms with Gasteiger partial charge in [0.15, 0.2) is 0 Å². The molecule has 1 N–H and O–H groups in total. The minimum absolute atomic E-state index is 0.0730. The van der Waals surface area contributed by atoms with Gasteiger partial charge in [0.2, 0.25) is 0 Å². The topological polar surface area (TPSA) is 71.8 Å². The van der Waals surface area contributed by atoms with Gasteiger partial charge in [-0.05, 0) is 44.9 Å². The molecule has 2 aromatic rings. The van der Waals surface area contributed by atoms with Crippen molar-refractivity contribution >= 4 is 5.97 Å². The minimum atomic E-state index is -0.783. The number of aliphatic hydroxyl groups is 1. The van der Waals surface area contributed by atoms with E-state index in [-0.39, 0.29) is 23.9 Å². The molecule has 1 saturated heterocycles. The van der Waals surface area contributed by atoms with E-state index in [1.54, 1.807) is 13.0 Å². The van der Waals surface area contributed by atoms with Crippen LogP contribution in [0.4, 0.5) is 0 Å². The molecular formula is C24H32N2O4. The van der Waals surface area contributed by atoms with Crippen molar-refractivity contribution in [2.75, 3.05) is 26.2 Å². The number of β-amino-alcohol motifs (C(OH)–C–C–N with tert-alkyl or cyclic N) is 1. The number of ether oxygens (including phenoxy) is 1. The summed E-state index contributed by atoms with van der Waals surface area (Å²) < 4.78 is 6.45. The Balaban J connectivity index is 1.92. The largest absolute Gasteiger partial charge is 0.465 e. The molecule has 2 heterocycles. The number of hydrogen-bond acceptors (Lipinski definition) is 5. The van der Waals surface area contributed by atoms with Gasteiger partial charge < -0.3 is 14.4 Å². The molecule has 3 rings (SSSR count). The highest BCUT2D eigenvalue weighted by atomic mass is 16.5. The van der Waals surface area contributed by atoms with Gasteiger partial charge in [-0.25, -0.2) is 0 Å². The van der Waals surface area contributed by atoms with Crippen molar-refractivity contribution in [3.8, 4) is 0 Å². The molecule has 0 unspecified atom stereocenters. The summed E-state index contributed by atoms with van der Waals surface area (Å²) in [7, 11) is 0. The van der Waals surface area contributed by atoms with Crippen LogP contribution in [-0.2, 0) is 16.1 Å². The molecule has 0 amide bonds. The van der Waals surface area contributed by atoms with E-state index in [4.69, 9.17) is 4.74 Å². The first kappa shape index (κ1) is 22.2. The Bertz CT molecular complexity index is 930. The van der Waals surface area contributed by atoms with Crippen LogP contribution in [-0.4, -0.2) is 52.4 Å². The summed E-state index contributed by atoms with van der Waals surface area (Å²) in [5.74, 6) is -0.0403. The Kier molecular flexibility index (Phi) is 6.78. The third-order valence-electron chi connectivity index (χ3n) is 5.61. The molecule has 1 aromatic carbocycles. The Morgan fingerprint density at radius 3 is 2.33 bits per heavy atom. The Morgan fingerprint density at radius 2 is 1.77 bits per heavy atom. The molecular weight excluding hydrogens is 380 g/mol. The summed E-state index contributed by atoms with van der Waals surface area (Å²) in [5, 5.41) is 10.3. The van der Waals surface area contributed by atoms with E-state index in [1.165, 1.54) is 10.1 Å². The molecule has 0 bridgehead atoms. The van der Waals surface area contributed by atoms with Crippen LogP contribution >= 0.6 is 0 Å². The number of pyridine rings is 1. The maximum atomic E-state index is 12.8. The first-order valence-corrected chi connectivity index (χ1v) is 10.5. The molecule has 1 aliphatic rings. The highest BCUT2D eigenvalue weighted by Crippen LogP contribution is 2.39. The average molecular weight is 413 g/mol. The molecule has 1 aliphatic heterocycles. The van der Waals surface area contributed by atoms with E-state index in [1.807, 2.05) is 45.0 Å². The number of aromatic nitrogens is 1. The third-order valence-corrected chi connectivity index (χ3v) is 5.61. The van der Waals surface area contributed by atoms with E-state index < -0.39 is 11.6 Å². The Labute approximate surface area is 178 Å². The SMILES string of the molecule is CCOC(=O)Cn1c(C)cc([C@H]2CN(CC(C)(C)O)C[C@H]2c2ccccc2)cc1=O. The molecule has 0 radical (unpaired) electrons. The smallest absolute Gasteiger partial charge is 0.326 e. The summed E-state index contributed by atoms with van der Waals surface area (Å²) in [4.78, 5) is 26.9. The lowest BCUT2D eigenvalue weighted by molar-refractivity contribution is -0.143. The Hall–Kier alpha value is -2.44. The van der Waals surface area contributed by atoms with Crippen molar-refractivity contribution in [1.29, 1.82) is 0 Å². The van der Waals surface area contributed by atoms with Crippen molar-refractivity contribution in [3.05, 3.63) is 69.6 Å². The Morgan fingerprint density at radius 1 is 1.13 bits per heavy atom. The van der Waals surface area contributed by atoms with Crippen molar-refractivity contribution < 1.29 is 14.6 Å². The fourth-order valence-electron chi connectivity index (χ4n) is 4.44. The first-order chi connectivity index (χ1) is 14.2. The average Bonchev–Trinajstić information content (AvgIpc) is 3.07. The second-order valence-corrected chi connectivity index (χ2v) is 8.79. The normalized spacial score (nSPS) is 19.8. The van der Waals surface area contributed by atoms with E-state index >= 15 is 0 Å². The van der Waals surface area contributed by atoms with Crippen LogP contribution in [0, 0.1) is 6.92 Å². The minimum Gasteiger partial charge on any atom is -0.465 e. The molecule has 6 nitrogen and oxygen atoms in total. The maximum absolute atomic E-state index is 12.8. The van der Waals surface area contributed by atoms with E-state index in [9.17, 15) is 14.7 Å². The zero-order valence-electron chi connectivity index (χ0n) is 18.3. The lowest BCUT2D eigenvalue weighted by Gasteiger charge is -2.25. The molecule has 1 fully saturated rings. The fourth-order valence-corrected chi connectivity index (χ4v) is 4.44. The third kappa shape index (κ3) is 5.37. The highest BCUT2D eigenvalue weighted by molar-refractivity contribution is 5.69. The van der Waals surface area contributed by atoms with Gasteiger partial charge in [0, 0.05) is 43.2 Å². The number of carbonyl (C=O) groups is 1. The molecule has 162 valence electrons. The lowest BCUT2D eigenvalue weighted by Crippen LogP contribution is -2.37. The predicted molar refractivity (Wildman–Crippen MR) is 117 cm³/mol. The number of likely N-dealkylation sites (tertiary alicyclic amines) is 1. The standard InChI is InChI=1S/C24H32N2O4/c1-5-30-23(28)15-26-17(2)11-19(12-22(26)27)21-14-25(16-24(3,4)29)13-20(21)18-9-7-6-8-10-18/h6-12,20-21,29H,5,13-16H2,1-4H3/t20-,21+/m0/s1. The summed E-state index contributed by atoms with van der Waals surface area (Å²) >= 11 is 0. The van der Waals surface area contributed by atoms with Crippen molar-refractivity contribution in [1.82, 2.24) is 9.47 Å². The number of benzene rings is 1. The van der Waals surface area contributed by atoms with Gasteiger partial charge in [0.1, 0.15) is 6.54 Å². The van der Waals surface area contributed by atoms with Crippen LogP contribution in [0.3, 0.4) is 0 Å². The number of hydrogen-bond donors (Lipinski definition) is 1. The fraction of sp³-hybridized carbons (Fsp3) is 0.500. The van der Waals surface area contributed by atoms with Crippen molar-refractivity contribution in [3.63, 3.8) is 0 Å². The molecule has 6 heteroatoms. The van der Waals surface area contributed by atoms with Crippen molar-refractivity contribution in [2.45, 2.75) is 51.7 Å². The molecule has 30 heavy (non-hydrogen) atoms. The molecule has 0 spiro atoms. The number of rotatable bonds is 7. The number of esters is 1. The van der Waals surface area contributed by atoms with Gasteiger partial charge in [0.05, 0.1) is 12.2 Å². The van der Waals surface area contributed by atoms with Crippen LogP contribution in [0.25, 0.3) is 0 Å². The van der Waals surface area contributed by atoms with Gasteiger partial charge in [-0.1, -0.05) is 30.3 Å². The van der Waals surface area contributed by atoms with Gasteiger partial charge >= 0.3 is 5.97 Å². The van der Waals surface area contributed by atoms with Crippen LogP contribution in [0.15, 0.2) is 47.3 Å². The van der Waals surface area contributed by atoms with Gasteiger partial charge in [-0.15, -0.1) is 0 Å². The number of aryl methyl sites for hydroxylation is 1. The zero-order valence-corrected chi connectivity index (χ0v) is 18.3. The predicted octanol–water partition coefficient (Wildman–Crippen LogP) is 2.67. The summed E-state index contributed by atoms with van der Waals surface area (Å²) in [6.07, 6.45) is 0. The number of carbonyl (C=O) groups excluding carboxylic acids is 1. The van der Waals surface area contributed by atoms with Crippen LogP contribution in [0.2, 0.25) is 0 Å². The maximum Gasteiger partial charge on any atom is 0.326 e. The highest BCUT2D eigenvalue weighted by Gasteiger charge is 2.37. The molecule has 2 atom stereocenters. The summed E-state index contributed by atoms with van der Waals surface area (Å²) in [6, 6.07) is 14.0. The summed E-state index contributed by atoms with van der Waals surface area (Å²) in [5.41, 5.74) is 1.98. The summed E-state index contributed by atoms with van der Waals surface area (Å²) in [6.45, 7) is 9.63. The van der Waals surface area contributed by atoms with Crippen LogP contribution in [0.5, 0.6) is 0 Å². The van der Waals surface area contributed by atoms with Crippen LogP contribution in [0.1, 0.15) is 49.4 Å². The van der Waals surface area contributed by atoms with E-state index in [2.05, 4.69) is 17.0 Å². The zero-order chi connectivity index (χ0) is 21.9. The first-order valence-electron chi connectivity index (χ1n) is 10.5. The van der Waals surface area contributed by atoms with E-state index in [0.29, 0.717) is 13.2 Å². The molecule has 1 aromatic heterocycles. The quantitative estimate of drug-likeness (QED) is 0.708. The van der Waals surface area contributed by atoms with Gasteiger partial charge in [-0.2, -0.15) is 0 Å². The van der Waals surface area contributed by atoms with Gasteiger partial charge in [0.25, 0.3) is 5.56 Å². The lowest BCUT2D eigenvalue weighted by atomic mass is 9.84. The van der Waals surface area contributed by atoms with Crippen molar-refractivity contribution in [2.24, 2.45) is 0 Å². The van der Waals surface area contributed by atoms with Gasteiger partial charge in [-0.3, -0.25) is 14.5 Å². The van der Waals surface area contributed by atoms with Crippen LogP contribution < -0.4 is 5.56 Å². The number of nitrogens with zero attached hydrogens (tertiary/aromatic N) is 2. The second-order valence-electron chi connectivity index (χ2n) is 8.79. The molecule has 0 aliphatic carbocycles. The van der Waals surface area contributed by atoms with E-state index in [0.717, 1.165) is 24.3 Å². The monoisotopic (exact) mass is 412 g/mol.